The number of aromatic nitrogens is 3. The summed E-state index contributed by atoms with van der Waals surface area (Å²) in [6.45, 7) is 5.78. The first-order valence-electron chi connectivity index (χ1n) is 6.97. The lowest BCUT2D eigenvalue weighted by atomic mass is 10.2. The van der Waals surface area contributed by atoms with E-state index in [0.717, 1.165) is 12.0 Å². The van der Waals surface area contributed by atoms with Crippen LogP contribution in [-0.2, 0) is 0 Å². The third-order valence-electron chi connectivity index (χ3n) is 3.25. The van der Waals surface area contributed by atoms with Gasteiger partial charge in [-0.3, -0.25) is 10.1 Å². The van der Waals surface area contributed by atoms with Crippen LogP contribution in [0.5, 0.6) is 0 Å². The zero-order chi connectivity index (χ0) is 16.1. The Kier molecular flexibility index (Phi) is 4.82. The van der Waals surface area contributed by atoms with Crippen molar-refractivity contribution in [2.45, 2.75) is 33.2 Å². The normalized spacial score (nSPS) is 11.8. The average Bonchev–Trinajstić information content (AvgIpc) is 2.49. The van der Waals surface area contributed by atoms with Crippen LogP contribution in [0.25, 0.3) is 0 Å². The lowest BCUT2D eigenvalue weighted by molar-refractivity contribution is -0.383. The molecule has 22 heavy (non-hydrogen) atoms. The highest BCUT2D eigenvalue weighted by molar-refractivity contribution is 5.73. The van der Waals surface area contributed by atoms with Crippen LogP contribution >= 0.6 is 0 Å². The molecule has 1 atom stereocenters. The summed E-state index contributed by atoms with van der Waals surface area (Å²) in [5.74, 6) is 0.844. The molecule has 2 aromatic heterocycles. The fourth-order valence-corrected chi connectivity index (χ4v) is 1.81. The van der Waals surface area contributed by atoms with Crippen LogP contribution in [0.4, 0.5) is 23.1 Å². The Labute approximate surface area is 128 Å². The number of nitrogens with zero attached hydrogens (tertiary/aromatic N) is 4. The van der Waals surface area contributed by atoms with Crippen molar-refractivity contribution in [1.82, 2.24) is 15.0 Å². The second-order valence-electron chi connectivity index (χ2n) is 4.92. The maximum Gasteiger partial charge on any atom is 0.353 e. The Morgan fingerprint density at radius 3 is 2.64 bits per heavy atom. The molecule has 2 N–H and O–H groups in total. The molecule has 8 nitrogen and oxygen atoms in total. The predicted octanol–water partition coefficient (Wildman–Crippen LogP) is 3.04. The third-order valence-corrected chi connectivity index (χ3v) is 3.25. The molecule has 2 heterocycles. The quantitative estimate of drug-likeness (QED) is 0.624. The van der Waals surface area contributed by atoms with Crippen molar-refractivity contribution in [2.75, 3.05) is 10.6 Å². The third kappa shape index (κ3) is 3.46. The minimum Gasteiger partial charge on any atom is -0.362 e. The Morgan fingerprint density at radius 2 is 2.00 bits per heavy atom. The van der Waals surface area contributed by atoms with E-state index in [1.165, 1.54) is 6.33 Å². The number of anilines is 3. The second kappa shape index (κ2) is 6.79. The van der Waals surface area contributed by atoms with Crippen molar-refractivity contribution in [1.29, 1.82) is 0 Å². The summed E-state index contributed by atoms with van der Waals surface area (Å²) in [7, 11) is 0. The molecular weight excluding hydrogens is 284 g/mol. The number of aryl methyl sites for hydroxylation is 1. The Morgan fingerprint density at radius 1 is 1.27 bits per heavy atom. The summed E-state index contributed by atoms with van der Waals surface area (Å²) < 4.78 is 0. The molecule has 116 valence electrons. The number of hydrogen-bond donors (Lipinski definition) is 2. The van der Waals surface area contributed by atoms with E-state index in [4.69, 9.17) is 0 Å². The van der Waals surface area contributed by atoms with Crippen molar-refractivity contribution >= 4 is 23.1 Å². The van der Waals surface area contributed by atoms with E-state index in [1.54, 1.807) is 12.3 Å². The summed E-state index contributed by atoms with van der Waals surface area (Å²) in [4.78, 5) is 23.1. The summed E-state index contributed by atoms with van der Waals surface area (Å²) in [6.07, 6.45) is 3.72. The molecule has 0 radical (unpaired) electrons. The molecule has 0 aromatic carbocycles. The second-order valence-corrected chi connectivity index (χ2v) is 4.92. The van der Waals surface area contributed by atoms with Crippen molar-refractivity contribution in [3.05, 3.63) is 40.3 Å². The predicted molar refractivity (Wildman–Crippen MR) is 84.3 cm³/mol. The summed E-state index contributed by atoms with van der Waals surface area (Å²) in [6, 6.07) is 3.73. The highest BCUT2D eigenvalue weighted by Crippen LogP contribution is 2.31. The van der Waals surface area contributed by atoms with Gasteiger partial charge in [0.2, 0.25) is 11.6 Å². The summed E-state index contributed by atoms with van der Waals surface area (Å²) in [5.41, 5.74) is 0.680. The number of rotatable bonds is 6. The van der Waals surface area contributed by atoms with E-state index in [-0.39, 0.29) is 23.4 Å². The van der Waals surface area contributed by atoms with Crippen LogP contribution in [0.15, 0.2) is 24.7 Å². The summed E-state index contributed by atoms with van der Waals surface area (Å²) in [5, 5.41) is 17.4. The van der Waals surface area contributed by atoms with Crippen molar-refractivity contribution < 1.29 is 4.92 Å². The fraction of sp³-hybridized carbons (Fsp3) is 0.357. The highest BCUT2D eigenvalue weighted by atomic mass is 16.6. The van der Waals surface area contributed by atoms with Gasteiger partial charge in [0.25, 0.3) is 0 Å². The van der Waals surface area contributed by atoms with Gasteiger partial charge in [-0.25, -0.2) is 15.0 Å². The van der Waals surface area contributed by atoms with Gasteiger partial charge in [0.05, 0.1) is 4.92 Å². The van der Waals surface area contributed by atoms with Crippen LogP contribution < -0.4 is 10.6 Å². The molecule has 0 spiro atoms. The molecule has 2 rings (SSSR count). The van der Waals surface area contributed by atoms with E-state index >= 15 is 0 Å². The first-order chi connectivity index (χ1) is 10.5. The molecule has 0 saturated carbocycles. The van der Waals surface area contributed by atoms with Gasteiger partial charge >= 0.3 is 5.69 Å². The van der Waals surface area contributed by atoms with Crippen LogP contribution in [-0.4, -0.2) is 25.9 Å². The molecule has 0 aliphatic heterocycles. The Hall–Kier alpha value is -2.77. The van der Waals surface area contributed by atoms with Gasteiger partial charge in [-0.1, -0.05) is 13.0 Å². The number of nitrogens with one attached hydrogen (secondary N) is 2. The molecule has 8 heteroatoms. The topological polar surface area (TPSA) is 106 Å². The maximum atomic E-state index is 11.4. The van der Waals surface area contributed by atoms with Gasteiger partial charge in [-0.05, 0) is 31.9 Å². The molecule has 0 aliphatic carbocycles. The molecule has 1 unspecified atom stereocenters. The molecule has 0 aliphatic rings. The van der Waals surface area contributed by atoms with Gasteiger partial charge in [0.1, 0.15) is 12.1 Å². The standard InChI is InChI=1S/C14H18N6O2/c1-4-10(3)18-13-11(20(21)22)14(17-8-16-13)19-12-9(2)6-5-7-15-12/h5-8,10H,4H2,1-3H3,(H2,15,16,17,18,19). The summed E-state index contributed by atoms with van der Waals surface area (Å²) >= 11 is 0. The lowest BCUT2D eigenvalue weighted by Gasteiger charge is -2.14. The van der Waals surface area contributed by atoms with Crippen molar-refractivity contribution in [3.63, 3.8) is 0 Å². The van der Waals surface area contributed by atoms with Gasteiger partial charge in [-0.2, -0.15) is 0 Å². The van der Waals surface area contributed by atoms with Gasteiger partial charge in [0.15, 0.2) is 0 Å². The molecular formula is C14H18N6O2. The molecule has 0 bridgehead atoms. The number of nitro groups is 1. The molecule has 0 fully saturated rings. The highest BCUT2D eigenvalue weighted by Gasteiger charge is 2.24. The minimum absolute atomic E-state index is 0.0676. The van der Waals surface area contributed by atoms with E-state index in [9.17, 15) is 10.1 Å². The zero-order valence-corrected chi connectivity index (χ0v) is 12.7. The average molecular weight is 302 g/mol. The Balaban J connectivity index is 2.41. The van der Waals surface area contributed by atoms with E-state index in [0.29, 0.717) is 5.82 Å². The molecule has 0 amide bonds. The lowest BCUT2D eigenvalue weighted by Crippen LogP contribution is -2.16. The SMILES string of the molecule is CCC(C)Nc1ncnc(Nc2ncccc2C)c1[N+](=O)[O-]. The molecule has 2 aromatic rings. The van der Waals surface area contributed by atoms with Crippen molar-refractivity contribution in [2.24, 2.45) is 0 Å². The fourth-order valence-electron chi connectivity index (χ4n) is 1.81. The molecule has 0 saturated heterocycles. The monoisotopic (exact) mass is 302 g/mol. The minimum atomic E-state index is -0.495. The van der Waals surface area contributed by atoms with Gasteiger partial charge in [-0.15, -0.1) is 0 Å². The van der Waals surface area contributed by atoms with E-state index < -0.39 is 4.92 Å². The number of hydrogen-bond acceptors (Lipinski definition) is 7. The van der Waals surface area contributed by atoms with Gasteiger partial charge < -0.3 is 10.6 Å². The van der Waals surface area contributed by atoms with Crippen LogP contribution in [0.3, 0.4) is 0 Å². The van der Waals surface area contributed by atoms with Crippen LogP contribution in [0, 0.1) is 17.0 Å². The largest absolute Gasteiger partial charge is 0.362 e. The van der Waals surface area contributed by atoms with Gasteiger partial charge in [0, 0.05) is 12.2 Å². The Bertz CT molecular complexity index is 676. The number of pyridine rings is 1. The maximum absolute atomic E-state index is 11.4. The van der Waals surface area contributed by atoms with Crippen LogP contribution in [0.2, 0.25) is 0 Å². The van der Waals surface area contributed by atoms with E-state index in [2.05, 4.69) is 25.6 Å². The smallest absolute Gasteiger partial charge is 0.353 e. The van der Waals surface area contributed by atoms with Crippen molar-refractivity contribution in [3.8, 4) is 0 Å². The first kappa shape index (κ1) is 15.6. The first-order valence-corrected chi connectivity index (χ1v) is 6.97. The van der Waals surface area contributed by atoms with Crippen LogP contribution in [0.1, 0.15) is 25.8 Å². The zero-order valence-electron chi connectivity index (χ0n) is 12.7. The van der Waals surface area contributed by atoms with E-state index in [1.807, 2.05) is 26.8 Å².